The van der Waals surface area contributed by atoms with E-state index in [-0.39, 0.29) is 30.9 Å². The summed E-state index contributed by atoms with van der Waals surface area (Å²) >= 11 is 1.47. The van der Waals surface area contributed by atoms with E-state index in [4.69, 9.17) is 5.73 Å². The van der Waals surface area contributed by atoms with Crippen molar-refractivity contribution in [3.05, 3.63) is 65.9 Å². The first kappa shape index (κ1) is 33.5. The summed E-state index contributed by atoms with van der Waals surface area (Å²) in [6.45, 7) is 3.69. The van der Waals surface area contributed by atoms with Crippen molar-refractivity contribution in [1.82, 2.24) is 20.9 Å². The maximum absolute atomic E-state index is 13.7. The van der Waals surface area contributed by atoms with Crippen molar-refractivity contribution in [2.24, 2.45) is 11.7 Å². The molecule has 0 aliphatic carbocycles. The van der Waals surface area contributed by atoms with Gasteiger partial charge in [-0.3, -0.25) is 14.4 Å². The molecule has 0 radical (unpaired) electrons. The molecule has 232 valence electrons. The summed E-state index contributed by atoms with van der Waals surface area (Å²) in [5, 5.41) is 28.2. The van der Waals surface area contributed by atoms with Crippen molar-refractivity contribution < 1.29 is 29.4 Å². The van der Waals surface area contributed by atoms with E-state index < -0.39 is 47.9 Å². The molecule has 0 fully saturated rings. The third-order valence-electron chi connectivity index (χ3n) is 7.48. The first-order valence-corrected chi connectivity index (χ1v) is 15.6. The Labute approximate surface area is 255 Å². The standard InChI is InChI=1S/C31H41N5O6S/c1-4-18(2)27(36-28(38)23(32)15-19-9-11-21(37)12-10-19)30(40)35-26(29(39)34-25(31(41)42)13-14-43-3)16-20-17-33-24-8-6-5-7-22(20)24/h5-12,17-18,23,25-27,33,37H,4,13-16,32H2,1-3H3,(H,34,39)(H,35,40)(H,36,38)(H,41,42). The molecule has 8 N–H and O–H groups in total. The minimum absolute atomic E-state index is 0.0952. The molecule has 3 rings (SSSR count). The van der Waals surface area contributed by atoms with Gasteiger partial charge in [0.25, 0.3) is 0 Å². The molecule has 1 aromatic heterocycles. The van der Waals surface area contributed by atoms with E-state index in [2.05, 4.69) is 20.9 Å². The number of amides is 3. The van der Waals surface area contributed by atoms with Crippen LogP contribution in [0.25, 0.3) is 10.9 Å². The van der Waals surface area contributed by atoms with Crippen molar-refractivity contribution in [2.75, 3.05) is 12.0 Å². The molecular weight excluding hydrogens is 570 g/mol. The average molecular weight is 612 g/mol. The van der Waals surface area contributed by atoms with Crippen molar-refractivity contribution in [2.45, 2.75) is 63.7 Å². The molecule has 3 amide bonds. The van der Waals surface area contributed by atoms with Gasteiger partial charge in [-0.25, -0.2) is 4.79 Å². The zero-order valence-corrected chi connectivity index (χ0v) is 25.4. The summed E-state index contributed by atoms with van der Waals surface area (Å²) in [4.78, 5) is 55.3. The Morgan fingerprint density at radius 2 is 1.60 bits per heavy atom. The van der Waals surface area contributed by atoms with Gasteiger partial charge in [-0.2, -0.15) is 11.8 Å². The lowest BCUT2D eigenvalue weighted by atomic mass is 9.96. The molecule has 0 aliphatic rings. The van der Waals surface area contributed by atoms with Gasteiger partial charge >= 0.3 is 5.97 Å². The molecule has 5 unspecified atom stereocenters. The summed E-state index contributed by atoms with van der Waals surface area (Å²) in [6, 6.07) is 9.69. The topological polar surface area (TPSA) is 187 Å². The molecule has 0 bridgehead atoms. The number of phenolic OH excluding ortho intramolecular Hbond substituents is 1. The quantitative estimate of drug-likeness (QED) is 0.129. The Hall–Kier alpha value is -4.03. The summed E-state index contributed by atoms with van der Waals surface area (Å²) < 4.78 is 0. The number of carboxylic acid groups (broad SMARTS) is 1. The highest BCUT2D eigenvalue weighted by Gasteiger charge is 2.33. The number of thioether (sulfide) groups is 1. The molecule has 1 heterocycles. The number of carbonyl (C=O) groups excluding carboxylic acids is 3. The Bertz CT molecular complexity index is 1390. The molecule has 0 saturated carbocycles. The summed E-state index contributed by atoms with van der Waals surface area (Å²) in [5.74, 6) is -2.57. The number of H-pyrrole nitrogens is 1. The number of phenols is 1. The first-order valence-electron chi connectivity index (χ1n) is 14.2. The fourth-order valence-corrected chi connectivity index (χ4v) is 5.17. The van der Waals surface area contributed by atoms with Crippen LogP contribution >= 0.6 is 11.8 Å². The van der Waals surface area contributed by atoms with Crippen molar-refractivity contribution >= 4 is 46.4 Å². The van der Waals surface area contributed by atoms with E-state index in [0.717, 1.165) is 22.0 Å². The van der Waals surface area contributed by atoms with Crippen LogP contribution < -0.4 is 21.7 Å². The van der Waals surface area contributed by atoms with Gasteiger partial charge in [0.05, 0.1) is 6.04 Å². The second-order valence-corrected chi connectivity index (χ2v) is 11.6. The third-order valence-corrected chi connectivity index (χ3v) is 8.12. The maximum Gasteiger partial charge on any atom is 0.326 e. The normalized spacial score (nSPS) is 14.7. The van der Waals surface area contributed by atoms with Gasteiger partial charge in [-0.1, -0.05) is 50.6 Å². The largest absolute Gasteiger partial charge is 0.508 e. The Balaban J connectivity index is 1.81. The molecule has 12 heteroatoms. The molecule has 0 spiro atoms. The van der Waals surface area contributed by atoms with E-state index in [0.29, 0.717) is 12.2 Å². The number of aromatic hydroxyl groups is 1. The summed E-state index contributed by atoms with van der Waals surface area (Å²) in [5.41, 5.74) is 8.54. The molecule has 0 saturated heterocycles. The summed E-state index contributed by atoms with van der Waals surface area (Å²) in [7, 11) is 0. The van der Waals surface area contributed by atoms with Gasteiger partial charge in [0.2, 0.25) is 17.7 Å². The highest BCUT2D eigenvalue weighted by Crippen LogP contribution is 2.20. The number of aromatic amines is 1. The Morgan fingerprint density at radius 1 is 0.930 bits per heavy atom. The minimum Gasteiger partial charge on any atom is -0.508 e. The van der Waals surface area contributed by atoms with E-state index in [1.807, 2.05) is 44.4 Å². The number of para-hydroxylation sites is 1. The van der Waals surface area contributed by atoms with Gasteiger partial charge in [0, 0.05) is 23.5 Å². The number of benzene rings is 2. The molecule has 11 nitrogen and oxygen atoms in total. The molecule has 3 aromatic rings. The Morgan fingerprint density at radius 3 is 2.26 bits per heavy atom. The monoisotopic (exact) mass is 611 g/mol. The number of carbonyl (C=O) groups is 4. The predicted octanol–water partition coefficient (Wildman–Crippen LogP) is 2.32. The predicted molar refractivity (Wildman–Crippen MR) is 168 cm³/mol. The number of rotatable bonds is 16. The average Bonchev–Trinajstić information content (AvgIpc) is 3.40. The van der Waals surface area contributed by atoms with Crippen LogP contribution in [0.4, 0.5) is 0 Å². The number of aromatic nitrogens is 1. The van der Waals surface area contributed by atoms with Crippen LogP contribution in [-0.2, 0) is 32.0 Å². The second kappa shape index (κ2) is 16.0. The lowest BCUT2D eigenvalue weighted by Crippen LogP contribution is -2.59. The van der Waals surface area contributed by atoms with Crippen LogP contribution in [0.15, 0.2) is 54.7 Å². The number of carboxylic acids is 1. The number of nitrogens with one attached hydrogen (secondary N) is 4. The maximum atomic E-state index is 13.7. The van der Waals surface area contributed by atoms with Crippen LogP contribution in [-0.4, -0.2) is 75.1 Å². The lowest BCUT2D eigenvalue weighted by Gasteiger charge is -2.28. The van der Waals surface area contributed by atoms with Crippen LogP contribution in [0.2, 0.25) is 0 Å². The highest BCUT2D eigenvalue weighted by molar-refractivity contribution is 7.98. The van der Waals surface area contributed by atoms with Crippen molar-refractivity contribution in [1.29, 1.82) is 0 Å². The Kier molecular flexibility index (Phi) is 12.4. The number of aliphatic carboxylic acids is 1. The molecule has 2 aromatic carbocycles. The number of nitrogens with two attached hydrogens (primary N) is 1. The fraction of sp³-hybridized carbons (Fsp3) is 0.419. The van der Waals surface area contributed by atoms with Gasteiger partial charge in [0.1, 0.15) is 23.9 Å². The molecule has 0 aliphatic heterocycles. The van der Waals surface area contributed by atoms with Crippen LogP contribution in [0, 0.1) is 5.92 Å². The van der Waals surface area contributed by atoms with E-state index in [1.165, 1.54) is 23.9 Å². The van der Waals surface area contributed by atoms with Crippen LogP contribution in [0.3, 0.4) is 0 Å². The van der Waals surface area contributed by atoms with Gasteiger partial charge in [-0.15, -0.1) is 0 Å². The second-order valence-electron chi connectivity index (χ2n) is 10.7. The summed E-state index contributed by atoms with van der Waals surface area (Å²) in [6.07, 6.45) is 4.68. The molecule has 43 heavy (non-hydrogen) atoms. The van der Waals surface area contributed by atoms with E-state index >= 15 is 0 Å². The number of fused-ring (bicyclic) bond motifs is 1. The zero-order chi connectivity index (χ0) is 31.5. The minimum atomic E-state index is -1.16. The van der Waals surface area contributed by atoms with E-state index in [9.17, 15) is 29.4 Å². The molecular formula is C31H41N5O6S. The van der Waals surface area contributed by atoms with Gasteiger partial charge < -0.3 is 36.9 Å². The van der Waals surface area contributed by atoms with Crippen LogP contribution in [0.5, 0.6) is 5.75 Å². The van der Waals surface area contributed by atoms with Crippen molar-refractivity contribution in [3.8, 4) is 5.75 Å². The zero-order valence-electron chi connectivity index (χ0n) is 24.6. The third kappa shape index (κ3) is 9.48. The van der Waals surface area contributed by atoms with Gasteiger partial charge in [0.15, 0.2) is 0 Å². The SMILES string of the molecule is CCC(C)C(NC(=O)C(N)Cc1ccc(O)cc1)C(=O)NC(Cc1c[nH]c2ccccc12)C(=O)NC(CCSC)C(=O)O. The van der Waals surface area contributed by atoms with Crippen LogP contribution in [0.1, 0.15) is 37.8 Å². The fourth-order valence-electron chi connectivity index (χ4n) is 4.70. The number of hydrogen-bond donors (Lipinski definition) is 7. The lowest BCUT2D eigenvalue weighted by molar-refractivity contribution is -0.142. The van der Waals surface area contributed by atoms with Gasteiger partial charge in [-0.05, 0) is 60.1 Å². The van der Waals surface area contributed by atoms with E-state index in [1.54, 1.807) is 18.3 Å². The first-order chi connectivity index (χ1) is 20.5. The molecule has 5 atom stereocenters. The smallest absolute Gasteiger partial charge is 0.326 e. The highest BCUT2D eigenvalue weighted by atomic mass is 32.2. The number of hydrogen-bond acceptors (Lipinski definition) is 7. The van der Waals surface area contributed by atoms with Crippen molar-refractivity contribution in [3.63, 3.8) is 0 Å².